The normalized spacial score (nSPS) is 12.4. The molecule has 0 unspecified atom stereocenters. The zero-order chi connectivity index (χ0) is 28.8. The minimum absolute atomic E-state index is 0.434. The number of carbonyl (C=O) groups excluding carboxylic acids is 3. The van der Waals surface area contributed by atoms with Crippen molar-refractivity contribution in [3.63, 3.8) is 0 Å². The van der Waals surface area contributed by atoms with Gasteiger partial charge in [0.1, 0.15) is 0 Å². The van der Waals surface area contributed by atoms with Gasteiger partial charge in [0, 0.05) is 5.92 Å². The lowest BCUT2D eigenvalue weighted by Crippen LogP contribution is -2.23. The Morgan fingerprint density at radius 1 is 0.590 bits per heavy atom. The van der Waals surface area contributed by atoms with Gasteiger partial charge in [-0.25, -0.2) is 14.4 Å². The monoisotopic (exact) mass is 519 g/mol. The quantitative estimate of drug-likeness (QED) is 0.209. The molecular formula is C33H33N3O3. The number of rotatable bonds is 10. The molecule has 0 fully saturated rings. The maximum atomic E-state index is 11.4. The van der Waals surface area contributed by atoms with E-state index in [4.69, 9.17) is 0 Å². The van der Waals surface area contributed by atoms with E-state index in [2.05, 4.69) is 21.6 Å². The molecule has 0 aliphatic heterocycles. The van der Waals surface area contributed by atoms with Crippen molar-refractivity contribution in [2.24, 2.45) is 15.0 Å². The summed E-state index contributed by atoms with van der Waals surface area (Å²) in [4.78, 5) is 46.3. The van der Waals surface area contributed by atoms with Gasteiger partial charge in [-0.15, -0.1) is 0 Å². The van der Waals surface area contributed by atoms with E-state index in [0.717, 1.165) is 39.0 Å². The van der Waals surface area contributed by atoms with Crippen LogP contribution in [0.4, 0.5) is 0 Å². The highest BCUT2D eigenvalue weighted by atomic mass is 16.1. The summed E-state index contributed by atoms with van der Waals surface area (Å²) >= 11 is 0. The van der Waals surface area contributed by atoms with Gasteiger partial charge >= 0.3 is 0 Å². The average molecular weight is 520 g/mol. The number of isocyanates is 3. The van der Waals surface area contributed by atoms with Gasteiger partial charge in [-0.3, -0.25) is 0 Å². The summed E-state index contributed by atoms with van der Waals surface area (Å²) in [6, 6.07) is 23.3. The van der Waals surface area contributed by atoms with Gasteiger partial charge in [0.2, 0.25) is 18.2 Å². The van der Waals surface area contributed by atoms with Gasteiger partial charge in [-0.1, -0.05) is 79.4 Å². The summed E-state index contributed by atoms with van der Waals surface area (Å²) in [5.74, 6) is -0.434. The van der Waals surface area contributed by atoms with Crippen molar-refractivity contribution in [1.82, 2.24) is 0 Å². The molecule has 0 N–H and O–H groups in total. The molecule has 0 radical (unpaired) electrons. The van der Waals surface area contributed by atoms with Crippen LogP contribution >= 0.6 is 0 Å². The van der Waals surface area contributed by atoms with Gasteiger partial charge in [0.15, 0.2) is 0 Å². The molecule has 3 rings (SSSR count). The standard InChI is InChI=1S/C33H33N3O3/c1-23(24-14-8-11-17-27(24)31(2,3)34-20-37)30(25-15-9-12-18-28(25)32(4,5)35-21-38)26-16-10-13-19-29(26)33(6,7)36-22-39/h8-19,30H,1H2,2-7H3. The van der Waals surface area contributed by atoms with E-state index < -0.39 is 22.5 Å². The lowest BCUT2D eigenvalue weighted by Gasteiger charge is -2.33. The Kier molecular flexibility index (Phi) is 8.59. The molecule has 3 aromatic rings. The highest BCUT2D eigenvalue weighted by Crippen LogP contribution is 2.46. The third-order valence-corrected chi connectivity index (χ3v) is 7.12. The number of hydrogen-bond acceptors (Lipinski definition) is 6. The summed E-state index contributed by atoms with van der Waals surface area (Å²) in [7, 11) is 0. The van der Waals surface area contributed by atoms with Gasteiger partial charge in [-0.05, 0) is 80.5 Å². The van der Waals surface area contributed by atoms with Crippen molar-refractivity contribution in [3.8, 4) is 0 Å². The Labute approximate surface area is 230 Å². The molecule has 39 heavy (non-hydrogen) atoms. The molecule has 0 heterocycles. The van der Waals surface area contributed by atoms with E-state index in [1.165, 1.54) is 0 Å². The fourth-order valence-corrected chi connectivity index (χ4v) is 5.13. The molecule has 6 nitrogen and oxygen atoms in total. The van der Waals surface area contributed by atoms with Gasteiger partial charge in [0.25, 0.3) is 0 Å². The molecule has 0 spiro atoms. The van der Waals surface area contributed by atoms with Crippen LogP contribution in [0.15, 0.2) is 94.4 Å². The third kappa shape index (κ3) is 6.00. The van der Waals surface area contributed by atoms with Crippen LogP contribution < -0.4 is 0 Å². The lowest BCUT2D eigenvalue weighted by molar-refractivity contribution is 0.515. The van der Waals surface area contributed by atoms with Gasteiger partial charge < -0.3 is 0 Å². The fraction of sp³-hybridized carbons (Fsp3) is 0.303. The first-order chi connectivity index (χ1) is 18.4. The van der Waals surface area contributed by atoms with Crippen LogP contribution in [0, 0.1) is 0 Å². The molecule has 0 atom stereocenters. The average Bonchev–Trinajstić information content (AvgIpc) is 2.89. The number of nitrogens with zero attached hydrogens (tertiary/aromatic N) is 3. The van der Waals surface area contributed by atoms with Crippen LogP contribution in [0.3, 0.4) is 0 Å². The molecule has 0 bridgehead atoms. The SMILES string of the molecule is C=C(c1ccccc1C(C)(C)N=C=O)C(c1ccccc1C(C)(C)N=C=O)c1ccccc1C(C)(C)N=C=O. The number of benzene rings is 3. The van der Waals surface area contributed by atoms with Crippen LogP contribution in [0.1, 0.15) is 80.8 Å². The molecular weight excluding hydrogens is 486 g/mol. The summed E-state index contributed by atoms with van der Waals surface area (Å²) in [6.45, 7) is 15.7. The topological polar surface area (TPSA) is 88.3 Å². The highest BCUT2D eigenvalue weighted by molar-refractivity contribution is 5.77. The van der Waals surface area contributed by atoms with Crippen molar-refractivity contribution >= 4 is 23.8 Å². The minimum atomic E-state index is -0.872. The van der Waals surface area contributed by atoms with Gasteiger partial charge in [-0.2, -0.15) is 15.0 Å². The second-order valence-corrected chi connectivity index (χ2v) is 11.0. The Morgan fingerprint density at radius 3 is 1.33 bits per heavy atom. The Bertz CT molecular complexity index is 1460. The predicted molar refractivity (Wildman–Crippen MR) is 154 cm³/mol. The second kappa shape index (κ2) is 11.5. The molecule has 0 saturated heterocycles. The van der Waals surface area contributed by atoms with Crippen LogP contribution in [0.5, 0.6) is 0 Å². The molecule has 3 aromatic carbocycles. The molecule has 0 aliphatic rings. The maximum absolute atomic E-state index is 11.4. The van der Waals surface area contributed by atoms with Crippen LogP contribution in [0.25, 0.3) is 5.57 Å². The largest absolute Gasteiger partial charge is 0.235 e. The molecule has 198 valence electrons. The summed E-state index contributed by atoms with van der Waals surface area (Å²) in [5, 5.41) is 0. The summed E-state index contributed by atoms with van der Waals surface area (Å²) in [5.41, 5.74) is 3.21. The van der Waals surface area contributed by atoms with Crippen molar-refractivity contribution < 1.29 is 14.4 Å². The van der Waals surface area contributed by atoms with E-state index in [1.807, 2.05) is 114 Å². The lowest BCUT2D eigenvalue weighted by atomic mass is 9.72. The van der Waals surface area contributed by atoms with E-state index in [1.54, 1.807) is 18.2 Å². The van der Waals surface area contributed by atoms with Crippen molar-refractivity contribution in [1.29, 1.82) is 0 Å². The van der Waals surface area contributed by atoms with Crippen molar-refractivity contribution in [3.05, 3.63) is 113 Å². The van der Waals surface area contributed by atoms with Crippen molar-refractivity contribution in [2.45, 2.75) is 64.1 Å². The molecule has 6 heteroatoms. The van der Waals surface area contributed by atoms with Crippen LogP contribution in [0.2, 0.25) is 0 Å². The smallest absolute Gasteiger partial charge is 0.211 e. The van der Waals surface area contributed by atoms with E-state index in [9.17, 15) is 14.4 Å². The minimum Gasteiger partial charge on any atom is -0.211 e. The first-order valence-corrected chi connectivity index (χ1v) is 12.7. The number of allylic oxidation sites excluding steroid dienone is 1. The van der Waals surface area contributed by atoms with E-state index in [-0.39, 0.29) is 0 Å². The molecule has 0 saturated carbocycles. The van der Waals surface area contributed by atoms with Crippen LogP contribution in [-0.4, -0.2) is 18.2 Å². The molecule has 0 aliphatic carbocycles. The summed E-state index contributed by atoms with van der Waals surface area (Å²) < 4.78 is 0. The second-order valence-electron chi connectivity index (χ2n) is 11.0. The van der Waals surface area contributed by atoms with Gasteiger partial charge in [0.05, 0.1) is 16.6 Å². The maximum Gasteiger partial charge on any atom is 0.235 e. The number of hydrogen-bond donors (Lipinski definition) is 0. The van der Waals surface area contributed by atoms with Crippen LogP contribution in [-0.2, 0) is 31.0 Å². The first kappa shape index (κ1) is 29.1. The Balaban J connectivity index is 2.46. The zero-order valence-electron chi connectivity index (χ0n) is 23.3. The Hall–Kier alpha value is -4.46. The third-order valence-electron chi connectivity index (χ3n) is 7.12. The number of aliphatic imine (C=N–C) groups is 3. The summed E-state index contributed by atoms with van der Waals surface area (Å²) in [6.07, 6.45) is 5.13. The zero-order valence-corrected chi connectivity index (χ0v) is 23.3. The van der Waals surface area contributed by atoms with E-state index in [0.29, 0.717) is 0 Å². The molecule has 0 amide bonds. The highest BCUT2D eigenvalue weighted by Gasteiger charge is 2.34. The Morgan fingerprint density at radius 2 is 0.923 bits per heavy atom. The van der Waals surface area contributed by atoms with E-state index >= 15 is 0 Å². The predicted octanol–water partition coefficient (Wildman–Crippen LogP) is 7.24. The van der Waals surface area contributed by atoms with Crippen molar-refractivity contribution in [2.75, 3.05) is 0 Å². The molecule has 0 aromatic heterocycles. The fourth-order valence-electron chi connectivity index (χ4n) is 5.13. The first-order valence-electron chi connectivity index (χ1n) is 12.7.